The summed E-state index contributed by atoms with van der Waals surface area (Å²) in [6.07, 6.45) is 1.74. The third kappa shape index (κ3) is 3.39. The van der Waals surface area contributed by atoms with E-state index in [0.29, 0.717) is 16.3 Å². The number of halogens is 1. The van der Waals surface area contributed by atoms with Crippen molar-refractivity contribution in [3.05, 3.63) is 64.7 Å². The minimum atomic E-state index is -0.408. The zero-order chi connectivity index (χ0) is 14.5. The molecular weight excluding hydrogens is 274 g/mol. The maximum atomic E-state index is 11.9. The zero-order valence-corrected chi connectivity index (χ0v) is 11.7. The van der Waals surface area contributed by atoms with Crippen molar-refractivity contribution in [3.8, 4) is 0 Å². The van der Waals surface area contributed by atoms with Gasteiger partial charge in [0.1, 0.15) is 0 Å². The van der Waals surface area contributed by atoms with Crippen LogP contribution in [0.4, 0.5) is 5.69 Å². The number of hydrogen-bond acceptors (Lipinski definition) is 3. The van der Waals surface area contributed by atoms with E-state index in [1.807, 2.05) is 12.1 Å². The van der Waals surface area contributed by atoms with E-state index in [4.69, 9.17) is 22.1 Å². The van der Waals surface area contributed by atoms with Gasteiger partial charge in [-0.15, -0.1) is 0 Å². The van der Waals surface area contributed by atoms with Gasteiger partial charge in [0.05, 0.1) is 12.7 Å². The van der Waals surface area contributed by atoms with Gasteiger partial charge in [-0.3, -0.25) is 0 Å². The first-order chi connectivity index (χ1) is 9.60. The minimum Gasteiger partial charge on any atom is -0.465 e. The van der Waals surface area contributed by atoms with Gasteiger partial charge in [-0.1, -0.05) is 35.9 Å². The predicted molar refractivity (Wildman–Crippen MR) is 82.2 cm³/mol. The lowest BCUT2D eigenvalue weighted by Crippen LogP contribution is -2.03. The lowest BCUT2D eigenvalue weighted by molar-refractivity contribution is -0.133. The van der Waals surface area contributed by atoms with E-state index < -0.39 is 5.97 Å². The van der Waals surface area contributed by atoms with Crippen LogP contribution < -0.4 is 5.73 Å². The number of benzene rings is 2. The highest BCUT2D eigenvalue weighted by molar-refractivity contribution is 6.30. The van der Waals surface area contributed by atoms with Crippen LogP contribution in [0.3, 0.4) is 0 Å². The molecule has 0 amide bonds. The van der Waals surface area contributed by atoms with E-state index in [1.165, 1.54) is 7.11 Å². The molecule has 0 aliphatic carbocycles. The number of esters is 1. The summed E-state index contributed by atoms with van der Waals surface area (Å²) < 4.78 is 4.83. The molecule has 0 heterocycles. The van der Waals surface area contributed by atoms with Crippen LogP contribution in [-0.2, 0) is 9.53 Å². The van der Waals surface area contributed by atoms with Crippen molar-refractivity contribution >= 4 is 34.9 Å². The molecular formula is C16H14ClNO2. The maximum absolute atomic E-state index is 11.9. The van der Waals surface area contributed by atoms with Crippen LogP contribution in [0.5, 0.6) is 0 Å². The van der Waals surface area contributed by atoms with E-state index in [-0.39, 0.29) is 0 Å². The average molecular weight is 288 g/mol. The van der Waals surface area contributed by atoms with Crippen molar-refractivity contribution in [2.24, 2.45) is 0 Å². The molecule has 2 N–H and O–H groups in total. The number of methoxy groups -OCH3 is 1. The lowest BCUT2D eigenvalue weighted by atomic mass is 10.0. The zero-order valence-electron chi connectivity index (χ0n) is 11.0. The van der Waals surface area contributed by atoms with Crippen LogP contribution in [0.2, 0.25) is 5.02 Å². The molecule has 0 atom stereocenters. The van der Waals surface area contributed by atoms with Gasteiger partial charge in [-0.05, 0) is 41.5 Å². The standard InChI is InChI=1S/C16H14ClNO2/c1-20-16(19)15(12-5-7-13(17)8-6-12)10-11-3-2-4-14(18)9-11/h2-10H,18H2,1H3. The Kier molecular flexibility index (Phi) is 4.43. The second-order valence-corrected chi connectivity index (χ2v) is 4.66. The second-order valence-electron chi connectivity index (χ2n) is 4.23. The summed E-state index contributed by atoms with van der Waals surface area (Å²) in [5.74, 6) is -0.408. The van der Waals surface area contributed by atoms with Crippen LogP contribution >= 0.6 is 11.6 Å². The van der Waals surface area contributed by atoms with Gasteiger partial charge in [-0.25, -0.2) is 4.79 Å². The smallest absolute Gasteiger partial charge is 0.338 e. The highest BCUT2D eigenvalue weighted by atomic mass is 35.5. The third-order valence-corrected chi connectivity index (χ3v) is 3.03. The first kappa shape index (κ1) is 14.2. The summed E-state index contributed by atoms with van der Waals surface area (Å²) in [5.41, 5.74) is 8.40. The van der Waals surface area contributed by atoms with Crippen molar-refractivity contribution in [2.45, 2.75) is 0 Å². The molecule has 0 saturated heterocycles. The van der Waals surface area contributed by atoms with Crippen molar-refractivity contribution in [1.29, 1.82) is 0 Å². The monoisotopic (exact) mass is 287 g/mol. The molecule has 20 heavy (non-hydrogen) atoms. The molecule has 0 fully saturated rings. The topological polar surface area (TPSA) is 52.3 Å². The number of rotatable bonds is 3. The third-order valence-electron chi connectivity index (χ3n) is 2.78. The number of carbonyl (C=O) groups excluding carboxylic acids is 1. The molecule has 102 valence electrons. The van der Waals surface area contributed by atoms with Crippen molar-refractivity contribution in [3.63, 3.8) is 0 Å². The SMILES string of the molecule is COC(=O)C(=Cc1cccc(N)c1)c1ccc(Cl)cc1. The predicted octanol–water partition coefficient (Wildman–Crippen LogP) is 3.64. The summed E-state index contributed by atoms with van der Waals surface area (Å²) in [5, 5.41) is 0.613. The van der Waals surface area contributed by atoms with E-state index in [9.17, 15) is 4.79 Å². The molecule has 0 bridgehead atoms. The van der Waals surface area contributed by atoms with E-state index in [2.05, 4.69) is 0 Å². The van der Waals surface area contributed by atoms with Crippen molar-refractivity contribution < 1.29 is 9.53 Å². The normalized spacial score (nSPS) is 11.2. The fraction of sp³-hybridized carbons (Fsp3) is 0.0625. The molecule has 0 unspecified atom stereocenters. The number of nitrogens with two attached hydrogens (primary N) is 1. The number of hydrogen-bond donors (Lipinski definition) is 1. The Bertz CT molecular complexity index is 648. The molecule has 0 aromatic heterocycles. The van der Waals surface area contributed by atoms with Crippen LogP contribution in [-0.4, -0.2) is 13.1 Å². The molecule has 0 saturated carbocycles. The van der Waals surface area contributed by atoms with E-state index in [1.54, 1.807) is 42.5 Å². The van der Waals surface area contributed by atoms with Gasteiger partial charge >= 0.3 is 5.97 Å². The molecule has 2 rings (SSSR count). The Morgan fingerprint density at radius 1 is 1.20 bits per heavy atom. The van der Waals surface area contributed by atoms with Crippen LogP contribution in [0.1, 0.15) is 11.1 Å². The Hall–Kier alpha value is -2.26. The first-order valence-electron chi connectivity index (χ1n) is 6.01. The molecule has 0 aliphatic rings. The lowest BCUT2D eigenvalue weighted by Gasteiger charge is -2.06. The van der Waals surface area contributed by atoms with E-state index in [0.717, 1.165) is 11.1 Å². The van der Waals surface area contributed by atoms with Crippen LogP contribution in [0.25, 0.3) is 11.6 Å². The van der Waals surface area contributed by atoms with Gasteiger partial charge in [-0.2, -0.15) is 0 Å². The number of ether oxygens (including phenoxy) is 1. The maximum Gasteiger partial charge on any atom is 0.338 e. The Morgan fingerprint density at radius 3 is 2.50 bits per heavy atom. The van der Waals surface area contributed by atoms with Crippen LogP contribution in [0, 0.1) is 0 Å². The molecule has 2 aromatic rings. The minimum absolute atomic E-state index is 0.408. The fourth-order valence-corrected chi connectivity index (χ4v) is 1.94. The Morgan fingerprint density at radius 2 is 1.90 bits per heavy atom. The molecule has 0 spiro atoms. The molecule has 4 heteroatoms. The largest absolute Gasteiger partial charge is 0.465 e. The Labute approximate surface area is 122 Å². The molecule has 0 radical (unpaired) electrons. The van der Waals surface area contributed by atoms with Gasteiger partial charge in [0, 0.05) is 10.7 Å². The number of nitrogen functional groups attached to an aromatic ring is 1. The van der Waals surface area contributed by atoms with Gasteiger partial charge in [0.2, 0.25) is 0 Å². The first-order valence-corrected chi connectivity index (χ1v) is 6.39. The van der Waals surface area contributed by atoms with Gasteiger partial charge in [0.25, 0.3) is 0 Å². The molecule has 2 aromatic carbocycles. The fourth-order valence-electron chi connectivity index (χ4n) is 1.81. The average Bonchev–Trinajstić information content (AvgIpc) is 2.45. The number of carbonyl (C=O) groups is 1. The summed E-state index contributed by atoms with van der Waals surface area (Å²) in [6, 6.07) is 14.3. The van der Waals surface area contributed by atoms with Gasteiger partial charge in [0.15, 0.2) is 0 Å². The van der Waals surface area contributed by atoms with Crippen molar-refractivity contribution in [1.82, 2.24) is 0 Å². The number of anilines is 1. The molecule has 0 aliphatic heterocycles. The second kappa shape index (κ2) is 6.26. The highest BCUT2D eigenvalue weighted by Gasteiger charge is 2.12. The quantitative estimate of drug-likeness (QED) is 0.406. The highest BCUT2D eigenvalue weighted by Crippen LogP contribution is 2.22. The van der Waals surface area contributed by atoms with Crippen LogP contribution in [0.15, 0.2) is 48.5 Å². The summed E-state index contributed by atoms with van der Waals surface area (Å²) in [7, 11) is 1.35. The summed E-state index contributed by atoms with van der Waals surface area (Å²) in [6.45, 7) is 0. The van der Waals surface area contributed by atoms with Gasteiger partial charge < -0.3 is 10.5 Å². The van der Waals surface area contributed by atoms with E-state index >= 15 is 0 Å². The Balaban J connectivity index is 2.47. The van der Waals surface area contributed by atoms with Crippen molar-refractivity contribution in [2.75, 3.05) is 12.8 Å². The summed E-state index contributed by atoms with van der Waals surface area (Å²) in [4.78, 5) is 11.9. The summed E-state index contributed by atoms with van der Waals surface area (Å²) >= 11 is 5.86. The molecule has 3 nitrogen and oxygen atoms in total.